The van der Waals surface area contributed by atoms with Crippen molar-refractivity contribution in [2.24, 2.45) is 18.0 Å². The van der Waals surface area contributed by atoms with Gasteiger partial charge in [0.05, 0.1) is 27.2 Å². The van der Waals surface area contributed by atoms with Crippen LogP contribution in [0.25, 0.3) is 10.2 Å². The SMILES string of the molecule is COC(=O)c1ccc2c(c1)sc(=NC(=O)C1CCN(S(=O)(=O)c3ccc(Cl)s3)CC1)n2C. The number of methoxy groups -OCH3 is 1. The van der Waals surface area contributed by atoms with Crippen molar-refractivity contribution in [1.82, 2.24) is 8.87 Å². The van der Waals surface area contributed by atoms with Crippen LogP contribution in [-0.4, -0.2) is 49.4 Å². The molecule has 1 aliphatic rings. The van der Waals surface area contributed by atoms with Crippen molar-refractivity contribution in [2.45, 2.75) is 17.1 Å². The minimum atomic E-state index is -3.60. The number of carbonyl (C=O) groups is 2. The molecule has 32 heavy (non-hydrogen) atoms. The zero-order valence-electron chi connectivity index (χ0n) is 17.3. The Morgan fingerprint density at radius 1 is 1.16 bits per heavy atom. The lowest BCUT2D eigenvalue weighted by molar-refractivity contribution is -0.122. The Kier molecular flexibility index (Phi) is 6.55. The van der Waals surface area contributed by atoms with Crippen LogP contribution >= 0.6 is 34.3 Å². The number of aryl methyl sites for hydroxylation is 1. The van der Waals surface area contributed by atoms with Gasteiger partial charge in [-0.1, -0.05) is 22.9 Å². The summed E-state index contributed by atoms with van der Waals surface area (Å²) in [5, 5.41) is 0. The number of benzene rings is 1. The number of piperidine rings is 1. The quantitative estimate of drug-likeness (QED) is 0.499. The first kappa shape index (κ1) is 23.1. The molecule has 3 heterocycles. The topological polar surface area (TPSA) is 98.0 Å². The molecule has 3 aromatic rings. The first-order valence-corrected chi connectivity index (χ1v) is 13.2. The van der Waals surface area contributed by atoms with Crippen LogP contribution in [0.4, 0.5) is 0 Å². The van der Waals surface area contributed by atoms with Crippen molar-refractivity contribution in [3.63, 3.8) is 0 Å². The Morgan fingerprint density at radius 3 is 2.50 bits per heavy atom. The first-order chi connectivity index (χ1) is 15.2. The predicted octanol–water partition coefficient (Wildman–Crippen LogP) is 3.27. The molecule has 1 fully saturated rings. The number of carbonyl (C=O) groups excluding carboxylic acids is 2. The lowest BCUT2D eigenvalue weighted by Crippen LogP contribution is -2.40. The fraction of sp³-hybridized carbons (Fsp3) is 0.350. The van der Waals surface area contributed by atoms with Crippen LogP contribution < -0.4 is 4.80 Å². The van der Waals surface area contributed by atoms with Crippen molar-refractivity contribution in [3.05, 3.63) is 45.0 Å². The minimum absolute atomic E-state index is 0.209. The molecule has 1 saturated heterocycles. The highest BCUT2D eigenvalue weighted by molar-refractivity contribution is 7.91. The zero-order chi connectivity index (χ0) is 23.0. The number of amides is 1. The third-order valence-corrected chi connectivity index (χ3v) is 10.1. The van der Waals surface area contributed by atoms with Crippen molar-refractivity contribution in [1.29, 1.82) is 0 Å². The van der Waals surface area contributed by atoms with Gasteiger partial charge in [0, 0.05) is 26.1 Å². The van der Waals surface area contributed by atoms with E-state index >= 15 is 0 Å². The van der Waals surface area contributed by atoms with Gasteiger partial charge in [0.25, 0.3) is 15.9 Å². The number of rotatable bonds is 4. The number of aromatic nitrogens is 1. The van der Waals surface area contributed by atoms with Gasteiger partial charge in [-0.2, -0.15) is 9.30 Å². The molecule has 0 aliphatic carbocycles. The average molecular weight is 514 g/mol. The minimum Gasteiger partial charge on any atom is -0.465 e. The van der Waals surface area contributed by atoms with Gasteiger partial charge in [-0.25, -0.2) is 13.2 Å². The lowest BCUT2D eigenvalue weighted by atomic mass is 9.98. The third-order valence-electron chi connectivity index (χ3n) is 5.38. The van der Waals surface area contributed by atoms with Gasteiger partial charge < -0.3 is 9.30 Å². The molecule has 0 bridgehead atoms. The van der Waals surface area contributed by atoms with Gasteiger partial charge in [-0.3, -0.25) is 4.79 Å². The number of hydrogen-bond acceptors (Lipinski definition) is 7. The molecular weight excluding hydrogens is 494 g/mol. The van der Waals surface area contributed by atoms with Gasteiger partial charge in [-0.05, 0) is 43.2 Å². The number of hydrogen-bond donors (Lipinski definition) is 0. The van der Waals surface area contributed by atoms with Crippen molar-refractivity contribution >= 4 is 66.4 Å². The van der Waals surface area contributed by atoms with Crippen LogP contribution in [0.1, 0.15) is 23.2 Å². The van der Waals surface area contributed by atoms with Crippen LogP contribution in [0.15, 0.2) is 39.5 Å². The summed E-state index contributed by atoms with van der Waals surface area (Å²) >= 11 is 8.21. The highest BCUT2D eigenvalue weighted by Crippen LogP contribution is 2.30. The van der Waals surface area contributed by atoms with E-state index in [4.69, 9.17) is 16.3 Å². The Bertz CT molecular complexity index is 1360. The molecule has 0 N–H and O–H groups in total. The van der Waals surface area contributed by atoms with Gasteiger partial charge >= 0.3 is 5.97 Å². The molecular formula is C20H20ClN3O5S3. The Morgan fingerprint density at radius 2 is 1.88 bits per heavy atom. The molecule has 0 spiro atoms. The smallest absolute Gasteiger partial charge is 0.337 e. The number of ether oxygens (including phenoxy) is 1. The summed E-state index contributed by atoms with van der Waals surface area (Å²) < 4.78 is 34.9. The monoisotopic (exact) mass is 513 g/mol. The number of thiazole rings is 1. The molecule has 12 heteroatoms. The fourth-order valence-corrected chi connectivity index (χ4v) is 7.75. The highest BCUT2D eigenvalue weighted by atomic mass is 35.5. The number of nitrogens with zero attached hydrogens (tertiary/aromatic N) is 3. The second-order valence-corrected chi connectivity index (χ2v) is 12.2. The zero-order valence-corrected chi connectivity index (χ0v) is 20.5. The summed E-state index contributed by atoms with van der Waals surface area (Å²) in [6, 6.07) is 8.25. The predicted molar refractivity (Wildman–Crippen MR) is 124 cm³/mol. The van der Waals surface area contributed by atoms with Crippen molar-refractivity contribution < 1.29 is 22.7 Å². The molecule has 0 atom stereocenters. The summed E-state index contributed by atoms with van der Waals surface area (Å²) in [5.74, 6) is -1.04. The molecule has 2 aromatic heterocycles. The molecule has 170 valence electrons. The van der Waals surface area contributed by atoms with E-state index in [1.807, 2.05) is 7.05 Å². The molecule has 0 unspecified atom stereocenters. The maximum absolute atomic E-state index is 12.8. The van der Waals surface area contributed by atoms with E-state index in [1.54, 1.807) is 28.8 Å². The Hall–Kier alpha value is -2.05. The first-order valence-electron chi connectivity index (χ1n) is 9.72. The third kappa shape index (κ3) is 4.40. The summed E-state index contributed by atoms with van der Waals surface area (Å²) in [7, 11) is -0.465. The number of thiophene rings is 1. The van der Waals surface area contributed by atoms with E-state index < -0.39 is 16.0 Å². The second kappa shape index (κ2) is 9.06. The standard InChI is InChI=1S/C20H20ClN3O5S3/c1-23-14-4-3-13(19(26)29-2)11-15(14)30-20(23)22-18(25)12-7-9-24(10-8-12)32(27,28)17-6-5-16(21)31-17/h3-6,11-12H,7-10H2,1-2H3. The van der Waals surface area contributed by atoms with Crippen LogP contribution in [0.2, 0.25) is 4.34 Å². The van der Waals surface area contributed by atoms with Gasteiger partial charge in [0.2, 0.25) is 0 Å². The summed E-state index contributed by atoms with van der Waals surface area (Å²) in [4.78, 5) is 29.4. The Balaban J connectivity index is 1.50. The summed E-state index contributed by atoms with van der Waals surface area (Å²) in [6.07, 6.45) is 0.809. The van der Waals surface area contributed by atoms with E-state index in [0.29, 0.717) is 27.5 Å². The van der Waals surface area contributed by atoms with Crippen LogP contribution in [-0.2, 0) is 26.6 Å². The average Bonchev–Trinajstić information content (AvgIpc) is 3.36. The van der Waals surface area contributed by atoms with Gasteiger partial charge in [0.15, 0.2) is 4.80 Å². The maximum atomic E-state index is 12.8. The second-order valence-electron chi connectivity index (χ2n) is 7.30. The number of fused-ring (bicyclic) bond motifs is 1. The molecule has 1 amide bonds. The maximum Gasteiger partial charge on any atom is 0.337 e. The Labute approximate surface area is 197 Å². The molecule has 4 rings (SSSR count). The van der Waals surface area contributed by atoms with E-state index in [2.05, 4.69) is 4.99 Å². The van der Waals surface area contributed by atoms with E-state index in [0.717, 1.165) is 21.6 Å². The van der Waals surface area contributed by atoms with Crippen molar-refractivity contribution in [3.8, 4) is 0 Å². The molecule has 0 radical (unpaired) electrons. The fourth-order valence-electron chi connectivity index (χ4n) is 3.58. The van der Waals surface area contributed by atoms with Crippen LogP contribution in [0.3, 0.4) is 0 Å². The molecule has 1 aromatic carbocycles. The van der Waals surface area contributed by atoms with Crippen LogP contribution in [0.5, 0.6) is 0 Å². The number of halogens is 1. The molecule has 0 saturated carbocycles. The number of sulfonamides is 1. The molecule has 8 nitrogen and oxygen atoms in total. The number of esters is 1. The normalized spacial score (nSPS) is 16.5. The molecule has 1 aliphatic heterocycles. The van der Waals surface area contributed by atoms with E-state index in [-0.39, 0.29) is 29.1 Å². The highest BCUT2D eigenvalue weighted by Gasteiger charge is 2.33. The largest absolute Gasteiger partial charge is 0.465 e. The summed E-state index contributed by atoms with van der Waals surface area (Å²) in [6.45, 7) is 0.510. The van der Waals surface area contributed by atoms with Crippen molar-refractivity contribution in [2.75, 3.05) is 20.2 Å². The van der Waals surface area contributed by atoms with Crippen LogP contribution in [0, 0.1) is 5.92 Å². The van der Waals surface area contributed by atoms with Gasteiger partial charge in [-0.15, -0.1) is 11.3 Å². The van der Waals surface area contributed by atoms with Gasteiger partial charge in [0.1, 0.15) is 4.21 Å². The van der Waals surface area contributed by atoms with E-state index in [1.165, 1.54) is 28.8 Å². The lowest BCUT2D eigenvalue weighted by Gasteiger charge is -2.29. The van der Waals surface area contributed by atoms with E-state index in [9.17, 15) is 18.0 Å². The summed E-state index contributed by atoms with van der Waals surface area (Å²) in [5.41, 5.74) is 1.28.